The topological polar surface area (TPSA) is 66.8 Å². The van der Waals surface area contributed by atoms with Gasteiger partial charge >= 0.3 is 5.97 Å². The molecule has 5 heteroatoms. The molecule has 0 fully saturated rings. The highest BCUT2D eigenvalue weighted by atomic mass is 35.5. The highest BCUT2D eigenvalue weighted by Gasteiger charge is 2.10. The van der Waals surface area contributed by atoms with Crippen LogP contribution in [0, 0.1) is 0 Å². The van der Waals surface area contributed by atoms with Crippen molar-refractivity contribution in [3.63, 3.8) is 0 Å². The largest absolute Gasteiger partial charge is 0.478 e. The van der Waals surface area contributed by atoms with E-state index in [0.29, 0.717) is 17.1 Å². The third kappa shape index (κ3) is 3.05. The normalized spacial score (nSPS) is 10.2. The number of rotatable bonds is 4. The smallest absolute Gasteiger partial charge is 0.335 e. The van der Waals surface area contributed by atoms with E-state index in [2.05, 4.69) is 0 Å². The number of hydrogen-bond donors (Lipinski definition) is 2. The third-order valence-corrected chi connectivity index (χ3v) is 2.84. The van der Waals surface area contributed by atoms with E-state index in [-0.39, 0.29) is 17.2 Å². The van der Waals surface area contributed by atoms with Gasteiger partial charge in [-0.05, 0) is 24.3 Å². The fourth-order valence-electron chi connectivity index (χ4n) is 1.57. The number of aliphatic hydroxyl groups is 1. The Kier molecular flexibility index (Phi) is 4.04. The predicted molar refractivity (Wildman–Crippen MR) is 70.9 cm³/mol. The zero-order chi connectivity index (χ0) is 13.8. The second kappa shape index (κ2) is 5.73. The Labute approximate surface area is 114 Å². The Hall–Kier alpha value is -2.04. The number of carbonyl (C=O) groups is 1. The molecule has 0 spiro atoms. The van der Waals surface area contributed by atoms with Crippen molar-refractivity contribution < 1.29 is 19.7 Å². The van der Waals surface area contributed by atoms with Gasteiger partial charge in [-0.25, -0.2) is 4.79 Å². The molecule has 2 N–H and O–H groups in total. The predicted octanol–water partition coefficient (Wildman–Crippen LogP) is 3.32. The summed E-state index contributed by atoms with van der Waals surface area (Å²) in [4.78, 5) is 10.8. The van der Waals surface area contributed by atoms with Gasteiger partial charge in [-0.2, -0.15) is 0 Å². The Morgan fingerprint density at radius 3 is 2.53 bits per heavy atom. The van der Waals surface area contributed by atoms with E-state index < -0.39 is 5.97 Å². The summed E-state index contributed by atoms with van der Waals surface area (Å²) in [6.07, 6.45) is 0. The van der Waals surface area contributed by atoms with Crippen LogP contribution in [0.15, 0.2) is 42.5 Å². The van der Waals surface area contributed by atoms with Crippen molar-refractivity contribution in [1.82, 2.24) is 0 Å². The summed E-state index contributed by atoms with van der Waals surface area (Å²) in [5, 5.41) is 18.2. The first-order valence-electron chi connectivity index (χ1n) is 5.51. The Morgan fingerprint density at radius 1 is 1.16 bits per heavy atom. The van der Waals surface area contributed by atoms with Gasteiger partial charge in [0.15, 0.2) is 0 Å². The number of hydrogen-bond acceptors (Lipinski definition) is 3. The van der Waals surface area contributed by atoms with Crippen LogP contribution in [0.4, 0.5) is 0 Å². The van der Waals surface area contributed by atoms with Gasteiger partial charge in [0.25, 0.3) is 0 Å². The van der Waals surface area contributed by atoms with E-state index in [9.17, 15) is 9.90 Å². The van der Waals surface area contributed by atoms with E-state index in [1.165, 1.54) is 18.2 Å². The molecule has 19 heavy (non-hydrogen) atoms. The van der Waals surface area contributed by atoms with Crippen molar-refractivity contribution in [2.24, 2.45) is 0 Å². The monoisotopic (exact) mass is 278 g/mol. The van der Waals surface area contributed by atoms with Crippen molar-refractivity contribution in [2.45, 2.75) is 6.61 Å². The Morgan fingerprint density at radius 2 is 1.89 bits per heavy atom. The maximum atomic E-state index is 10.8. The van der Waals surface area contributed by atoms with Gasteiger partial charge in [0.2, 0.25) is 0 Å². The van der Waals surface area contributed by atoms with Gasteiger partial charge in [-0.3, -0.25) is 0 Å². The average molecular weight is 279 g/mol. The molecule has 0 bridgehead atoms. The number of carboxylic acids is 1. The second-order valence-electron chi connectivity index (χ2n) is 3.82. The van der Waals surface area contributed by atoms with E-state index in [1.54, 1.807) is 24.3 Å². The van der Waals surface area contributed by atoms with Gasteiger partial charge in [0.05, 0.1) is 17.2 Å². The summed E-state index contributed by atoms with van der Waals surface area (Å²) < 4.78 is 5.58. The van der Waals surface area contributed by atoms with E-state index in [1.807, 2.05) is 0 Å². The average Bonchev–Trinajstić information content (AvgIpc) is 2.41. The summed E-state index contributed by atoms with van der Waals surface area (Å²) in [5.41, 5.74) is 0.716. The summed E-state index contributed by atoms with van der Waals surface area (Å²) in [5.74, 6) is -0.230. The Balaban J connectivity index is 2.31. The van der Waals surface area contributed by atoms with Crippen LogP contribution in [0.1, 0.15) is 15.9 Å². The maximum absolute atomic E-state index is 10.8. The van der Waals surface area contributed by atoms with Crippen LogP contribution >= 0.6 is 11.6 Å². The zero-order valence-corrected chi connectivity index (χ0v) is 10.6. The molecule has 0 aromatic heterocycles. The molecular weight excluding hydrogens is 268 g/mol. The maximum Gasteiger partial charge on any atom is 0.335 e. The standard InChI is InChI=1S/C14H11ClO4/c15-11-7-9(14(17)18)5-6-13(11)19-12-4-2-1-3-10(12)8-16/h1-7,16H,8H2,(H,17,18). The van der Waals surface area contributed by atoms with Gasteiger partial charge in [0, 0.05) is 5.56 Å². The van der Waals surface area contributed by atoms with Crippen molar-refractivity contribution in [3.8, 4) is 11.5 Å². The number of carboxylic acid groups (broad SMARTS) is 1. The number of aromatic carboxylic acids is 1. The lowest BCUT2D eigenvalue weighted by Gasteiger charge is -2.11. The van der Waals surface area contributed by atoms with Gasteiger partial charge in [-0.15, -0.1) is 0 Å². The molecule has 0 amide bonds. The van der Waals surface area contributed by atoms with Crippen LogP contribution in [0.5, 0.6) is 11.5 Å². The molecular formula is C14H11ClO4. The molecule has 0 saturated carbocycles. The first-order chi connectivity index (χ1) is 9.11. The van der Waals surface area contributed by atoms with Crippen molar-refractivity contribution in [1.29, 1.82) is 0 Å². The van der Waals surface area contributed by atoms with Crippen LogP contribution < -0.4 is 4.74 Å². The molecule has 2 aromatic carbocycles. The third-order valence-electron chi connectivity index (χ3n) is 2.54. The van der Waals surface area contributed by atoms with Crippen LogP contribution in [0.25, 0.3) is 0 Å². The Bertz CT molecular complexity index is 610. The highest BCUT2D eigenvalue weighted by Crippen LogP contribution is 2.31. The summed E-state index contributed by atoms with van der Waals surface area (Å²) in [7, 11) is 0. The highest BCUT2D eigenvalue weighted by molar-refractivity contribution is 6.32. The molecule has 0 radical (unpaired) electrons. The molecule has 98 valence electrons. The number of benzene rings is 2. The molecule has 0 aliphatic rings. The lowest BCUT2D eigenvalue weighted by Crippen LogP contribution is -1.97. The minimum Gasteiger partial charge on any atom is -0.478 e. The number of halogens is 1. The minimum atomic E-state index is -1.05. The summed E-state index contributed by atoms with van der Waals surface area (Å²) in [6.45, 7) is -0.152. The molecule has 4 nitrogen and oxygen atoms in total. The molecule has 0 atom stereocenters. The zero-order valence-electron chi connectivity index (χ0n) is 9.84. The number of ether oxygens (including phenoxy) is 1. The molecule has 2 aromatic rings. The first kappa shape index (κ1) is 13.4. The quantitative estimate of drug-likeness (QED) is 0.900. The van der Waals surface area contributed by atoms with Crippen LogP contribution in [-0.2, 0) is 6.61 Å². The SMILES string of the molecule is O=C(O)c1ccc(Oc2ccccc2CO)c(Cl)c1. The minimum absolute atomic E-state index is 0.0905. The second-order valence-corrected chi connectivity index (χ2v) is 4.23. The number of para-hydroxylation sites is 1. The molecule has 2 rings (SSSR count). The number of aliphatic hydroxyl groups excluding tert-OH is 1. The molecule has 0 unspecified atom stereocenters. The lowest BCUT2D eigenvalue weighted by atomic mass is 10.2. The van der Waals surface area contributed by atoms with Crippen LogP contribution in [-0.4, -0.2) is 16.2 Å². The summed E-state index contributed by atoms with van der Waals surface area (Å²) >= 11 is 5.97. The van der Waals surface area contributed by atoms with Gasteiger partial charge < -0.3 is 14.9 Å². The van der Waals surface area contributed by atoms with Crippen LogP contribution in [0.3, 0.4) is 0 Å². The first-order valence-corrected chi connectivity index (χ1v) is 5.89. The molecule has 0 saturated heterocycles. The van der Waals surface area contributed by atoms with Crippen molar-refractivity contribution >= 4 is 17.6 Å². The molecule has 0 aliphatic heterocycles. The lowest BCUT2D eigenvalue weighted by molar-refractivity contribution is 0.0697. The van der Waals surface area contributed by atoms with Crippen molar-refractivity contribution in [3.05, 3.63) is 58.6 Å². The van der Waals surface area contributed by atoms with Gasteiger partial charge in [-0.1, -0.05) is 29.8 Å². The fraction of sp³-hybridized carbons (Fsp3) is 0.0714. The van der Waals surface area contributed by atoms with Crippen LogP contribution in [0.2, 0.25) is 5.02 Å². The van der Waals surface area contributed by atoms with E-state index in [0.717, 1.165) is 0 Å². The summed E-state index contributed by atoms with van der Waals surface area (Å²) in [6, 6.07) is 11.2. The van der Waals surface area contributed by atoms with Gasteiger partial charge in [0.1, 0.15) is 11.5 Å². The molecule has 0 heterocycles. The van der Waals surface area contributed by atoms with Crippen molar-refractivity contribution in [2.75, 3.05) is 0 Å². The fourth-order valence-corrected chi connectivity index (χ4v) is 1.79. The van der Waals surface area contributed by atoms with E-state index >= 15 is 0 Å². The van der Waals surface area contributed by atoms with E-state index in [4.69, 9.17) is 21.4 Å². The molecule has 0 aliphatic carbocycles.